The summed E-state index contributed by atoms with van der Waals surface area (Å²) in [5, 5.41) is 12.1. The summed E-state index contributed by atoms with van der Waals surface area (Å²) in [6.07, 6.45) is 6.94. The summed E-state index contributed by atoms with van der Waals surface area (Å²) in [7, 11) is 0. The van der Waals surface area contributed by atoms with Gasteiger partial charge in [-0.1, -0.05) is 20.8 Å². The maximum absolute atomic E-state index is 11.8. The van der Waals surface area contributed by atoms with E-state index in [0.717, 1.165) is 38.5 Å². The third-order valence-electron chi connectivity index (χ3n) is 3.85. The molecule has 2 N–H and O–H groups in total. The summed E-state index contributed by atoms with van der Waals surface area (Å²) in [5.41, 5.74) is 0.232. The number of hydrogen-bond acceptors (Lipinski definition) is 2. The Kier molecular flexibility index (Phi) is 6.13. The highest BCUT2D eigenvalue weighted by molar-refractivity contribution is 5.76. The molecule has 1 aliphatic rings. The molecule has 1 fully saturated rings. The summed E-state index contributed by atoms with van der Waals surface area (Å²) in [4.78, 5) is 11.8. The van der Waals surface area contributed by atoms with Gasteiger partial charge in [0, 0.05) is 19.1 Å². The van der Waals surface area contributed by atoms with Gasteiger partial charge in [-0.05, 0) is 49.9 Å². The Morgan fingerprint density at radius 1 is 1.22 bits per heavy atom. The van der Waals surface area contributed by atoms with Gasteiger partial charge in [0.15, 0.2) is 0 Å². The molecule has 3 heteroatoms. The van der Waals surface area contributed by atoms with E-state index in [4.69, 9.17) is 5.11 Å². The Balaban J connectivity index is 2.18. The van der Waals surface area contributed by atoms with Crippen molar-refractivity contribution in [2.45, 2.75) is 71.8 Å². The van der Waals surface area contributed by atoms with E-state index in [9.17, 15) is 4.79 Å². The molecule has 0 saturated heterocycles. The van der Waals surface area contributed by atoms with Crippen LogP contribution in [0.5, 0.6) is 0 Å². The van der Waals surface area contributed by atoms with Gasteiger partial charge in [0.2, 0.25) is 5.91 Å². The van der Waals surface area contributed by atoms with Crippen molar-refractivity contribution in [3.63, 3.8) is 0 Å². The summed E-state index contributed by atoms with van der Waals surface area (Å²) in [5.74, 6) is 0.869. The molecule has 0 aromatic carbocycles. The Hall–Kier alpha value is -0.570. The minimum atomic E-state index is 0.204. The van der Waals surface area contributed by atoms with Gasteiger partial charge < -0.3 is 10.4 Å². The molecular weight excluding hydrogens is 226 g/mol. The second-order valence-electron chi connectivity index (χ2n) is 6.86. The third-order valence-corrected chi connectivity index (χ3v) is 3.85. The number of aliphatic hydroxyl groups is 1. The third kappa shape index (κ3) is 6.39. The van der Waals surface area contributed by atoms with E-state index in [1.807, 2.05) is 0 Å². The van der Waals surface area contributed by atoms with E-state index < -0.39 is 0 Å². The number of amides is 1. The van der Waals surface area contributed by atoms with E-state index in [1.165, 1.54) is 0 Å². The minimum Gasteiger partial charge on any atom is -0.396 e. The number of hydrogen-bond donors (Lipinski definition) is 2. The van der Waals surface area contributed by atoms with E-state index >= 15 is 0 Å². The molecule has 1 amide bonds. The van der Waals surface area contributed by atoms with Crippen LogP contribution in [-0.4, -0.2) is 23.7 Å². The Morgan fingerprint density at radius 2 is 1.83 bits per heavy atom. The molecular formula is C15H29NO2. The zero-order valence-electron chi connectivity index (χ0n) is 12.2. The fraction of sp³-hybridized carbons (Fsp3) is 0.933. The summed E-state index contributed by atoms with van der Waals surface area (Å²) >= 11 is 0. The molecule has 0 heterocycles. The maximum atomic E-state index is 11.8. The van der Waals surface area contributed by atoms with Gasteiger partial charge in [-0.3, -0.25) is 4.79 Å². The number of carbonyl (C=O) groups is 1. The van der Waals surface area contributed by atoms with Crippen molar-refractivity contribution in [3.8, 4) is 0 Å². The van der Waals surface area contributed by atoms with Crippen LogP contribution in [0.25, 0.3) is 0 Å². The maximum Gasteiger partial charge on any atom is 0.220 e. The molecule has 0 spiro atoms. The van der Waals surface area contributed by atoms with E-state index in [-0.39, 0.29) is 11.3 Å². The zero-order chi connectivity index (χ0) is 13.6. The van der Waals surface area contributed by atoms with E-state index in [1.54, 1.807) is 0 Å². The first-order valence-corrected chi connectivity index (χ1v) is 7.31. The molecule has 0 atom stereocenters. The molecule has 18 heavy (non-hydrogen) atoms. The highest BCUT2D eigenvalue weighted by Gasteiger charge is 2.22. The summed E-state index contributed by atoms with van der Waals surface area (Å²) in [6, 6.07) is 0.368. The molecule has 0 aromatic heterocycles. The van der Waals surface area contributed by atoms with Crippen LogP contribution in [0, 0.1) is 11.3 Å². The highest BCUT2D eigenvalue weighted by Crippen LogP contribution is 2.27. The van der Waals surface area contributed by atoms with Crippen LogP contribution in [0.4, 0.5) is 0 Å². The molecule has 1 saturated carbocycles. The Bertz CT molecular complexity index is 250. The van der Waals surface area contributed by atoms with Crippen molar-refractivity contribution in [3.05, 3.63) is 0 Å². The first-order valence-electron chi connectivity index (χ1n) is 7.31. The molecule has 1 rings (SSSR count). The molecule has 1 aliphatic carbocycles. The molecule has 0 unspecified atom stereocenters. The monoisotopic (exact) mass is 255 g/mol. The van der Waals surface area contributed by atoms with Gasteiger partial charge in [0.05, 0.1) is 0 Å². The van der Waals surface area contributed by atoms with Gasteiger partial charge in [0.1, 0.15) is 0 Å². The second-order valence-corrected chi connectivity index (χ2v) is 6.86. The second kappa shape index (κ2) is 7.13. The smallest absolute Gasteiger partial charge is 0.220 e. The topological polar surface area (TPSA) is 49.3 Å². The van der Waals surface area contributed by atoms with Crippen LogP contribution < -0.4 is 5.32 Å². The largest absolute Gasteiger partial charge is 0.396 e. The lowest BCUT2D eigenvalue weighted by Crippen LogP contribution is -2.38. The van der Waals surface area contributed by atoms with Crippen molar-refractivity contribution in [2.24, 2.45) is 11.3 Å². The standard InChI is InChI=1S/C15H29NO2/c1-15(2,3)10-8-14(18)16-13-6-4-12(5-7-13)9-11-17/h12-13,17H,4-11H2,1-3H3,(H,16,18). The van der Waals surface area contributed by atoms with Gasteiger partial charge in [-0.15, -0.1) is 0 Å². The van der Waals surface area contributed by atoms with Crippen LogP contribution in [0.2, 0.25) is 0 Å². The quantitative estimate of drug-likeness (QED) is 0.793. The van der Waals surface area contributed by atoms with Crippen molar-refractivity contribution >= 4 is 5.91 Å². The Morgan fingerprint density at radius 3 is 2.33 bits per heavy atom. The van der Waals surface area contributed by atoms with Gasteiger partial charge in [0.25, 0.3) is 0 Å². The zero-order valence-corrected chi connectivity index (χ0v) is 12.2. The van der Waals surface area contributed by atoms with Crippen molar-refractivity contribution < 1.29 is 9.90 Å². The van der Waals surface area contributed by atoms with Crippen molar-refractivity contribution in [2.75, 3.05) is 6.61 Å². The van der Waals surface area contributed by atoms with Crippen molar-refractivity contribution in [1.82, 2.24) is 5.32 Å². The molecule has 0 radical (unpaired) electrons. The predicted molar refractivity (Wildman–Crippen MR) is 74.3 cm³/mol. The van der Waals surface area contributed by atoms with Crippen LogP contribution in [-0.2, 0) is 4.79 Å². The van der Waals surface area contributed by atoms with Gasteiger partial charge >= 0.3 is 0 Å². The van der Waals surface area contributed by atoms with Crippen LogP contribution >= 0.6 is 0 Å². The summed E-state index contributed by atoms with van der Waals surface area (Å²) in [6.45, 7) is 6.80. The van der Waals surface area contributed by atoms with Gasteiger partial charge in [-0.25, -0.2) is 0 Å². The fourth-order valence-electron chi connectivity index (χ4n) is 2.57. The normalized spacial score (nSPS) is 24.9. The average Bonchev–Trinajstić information content (AvgIpc) is 2.29. The van der Waals surface area contributed by atoms with Crippen LogP contribution in [0.3, 0.4) is 0 Å². The lowest BCUT2D eigenvalue weighted by molar-refractivity contribution is -0.122. The first kappa shape index (κ1) is 15.5. The molecule has 0 aliphatic heterocycles. The van der Waals surface area contributed by atoms with Crippen molar-refractivity contribution in [1.29, 1.82) is 0 Å². The highest BCUT2D eigenvalue weighted by atomic mass is 16.3. The molecule has 0 aromatic rings. The van der Waals surface area contributed by atoms with Crippen LogP contribution in [0.15, 0.2) is 0 Å². The molecule has 106 valence electrons. The van der Waals surface area contributed by atoms with Crippen LogP contribution in [0.1, 0.15) is 65.7 Å². The lowest BCUT2D eigenvalue weighted by atomic mass is 9.84. The average molecular weight is 255 g/mol. The number of aliphatic hydroxyl groups excluding tert-OH is 1. The van der Waals surface area contributed by atoms with E-state index in [0.29, 0.717) is 25.0 Å². The molecule has 3 nitrogen and oxygen atoms in total. The van der Waals surface area contributed by atoms with Gasteiger partial charge in [-0.2, -0.15) is 0 Å². The first-order chi connectivity index (χ1) is 8.40. The molecule has 0 bridgehead atoms. The lowest BCUT2D eigenvalue weighted by Gasteiger charge is -2.29. The predicted octanol–water partition coefficient (Wildman–Crippen LogP) is 2.87. The number of rotatable bonds is 5. The van der Waals surface area contributed by atoms with E-state index in [2.05, 4.69) is 26.1 Å². The summed E-state index contributed by atoms with van der Waals surface area (Å²) < 4.78 is 0. The minimum absolute atomic E-state index is 0.204. The Labute approximate surface area is 111 Å². The SMILES string of the molecule is CC(C)(C)CCC(=O)NC1CCC(CCO)CC1. The number of carbonyl (C=O) groups excluding carboxylic acids is 1. The number of nitrogens with one attached hydrogen (secondary N) is 1. The fourth-order valence-corrected chi connectivity index (χ4v) is 2.57.